The zero-order valence-corrected chi connectivity index (χ0v) is 9.76. The van der Waals surface area contributed by atoms with Gasteiger partial charge in [-0.3, -0.25) is 0 Å². The van der Waals surface area contributed by atoms with Crippen LogP contribution in [0.4, 0.5) is 17.6 Å². The maximum atomic E-state index is 13.6. The summed E-state index contributed by atoms with van der Waals surface area (Å²) in [6.07, 6.45) is -4.58. The van der Waals surface area contributed by atoms with Gasteiger partial charge in [0.15, 0.2) is 11.6 Å². The van der Waals surface area contributed by atoms with Gasteiger partial charge in [0.2, 0.25) is 0 Å². The Morgan fingerprint density at radius 2 is 2.11 bits per heavy atom. The Morgan fingerprint density at radius 1 is 1.32 bits per heavy atom. The number of hydrogen-bond acceptors (Lipinski definition) is 3. The predicted molar refractivity (Wildman–Crippen MR) is 57.3 cm³/mol. The molecule has 0 spiro atoms. The molecule has 2 atom stereocenters. The molecule has 0 radical (unpaired) electrons. The standard InChI is InChI=1S/C12H11F4NO2/c13-8-5-7-6(3-9(8)19-12(14,15)16)4-10-11(7)17-1-2-18-10/h3,5,10-11,17H,1-2,4H2. The topological polar surface area (TPSA) is 30.5 Å². The first kappa shape index (κ1) is 12.7. The van der Waals surface area contributed by atoms with Crippen molar-refractivity contribution in [2.24, 2.45) is 0 Å². The molecule has 7 heteroatoms. The van der Waals surface area contributed by atoms with Gasteiger partial charge in [-0.1, -0.05) is 0 Å². The number of ether oxygens (including phenoxy) is 2. The fourth-order valence-electron chi connectivity index (χ4n) is 2.64. The number of hydrogen-bond donors (Lipinski definition) is 1. The van der Waals surface area contributed by atoms with Gasteiger partial charge in [-0.2, -0.15) is 0 Å². The lowest BCUT2D eigenvalue weighted by atomic mass is 10.1. The summed E-state index contributed by atoms with van der Waals surface area (Å²) in [5, 5.41) is 3.18. The zero-order chi connectivity index (χ0) is 13.6. The van der Waals surface area contributed by atoms with Gasteiger partial charge in [0.05, 0.1) is 18.8 Å². The van der Waals surface area contributed by atoms with Crippen LogP contribution in [0.3, 0.4) is 0 Å². The highest BCUT2D eigenvalue weighted by Gasteiger charge is 2.38. The van der Waals surface area contributed by atoms with Crippen LogP contribution < -0.4 is 10.1 Å². The van der Waals surface area contributed by atoms with E-state index in [4.69, 9.17) is 4.74 Å². The van der Waals surface area contributed by atoms with Gasteiger partial charge in [0, 0.05) is 13.0 Å². The average Bonchev–Trinajstić information content (AvgIpc) is 2.66. The number of morpholine rings is 1. The first-order valence-corrected chi connectivity index (χ1v) is 5.87. The van der Waals surface area contributed by atoms with Gasteiger partial charge < -0.3 is 14.8 Å². The lowest BCUT2D eigenvalue weighted by Gasteiger charge is -2.27. The number of nitrogens with one attached hydrogen (secondary N) is 1. The summed E-state index contributed by atoms with van der Waals surface area (Å²) in [4.78, 5) is 0. The third-order valence-corrected chi connectivity index (χ3v) is 3.35. The van der Waals surface area contributed by atoms with E-state index in [0.29, 0.717) is 30.7 Å². The summed E-state index contributed by atoms with van der Waals surface area (Å²) in [5.41, 5.74) is 1.28. The number of fused-ring (bicyclic) bond motifs is 3. The molecule has 3 nitrogen and oxygen atoms in total. The molecule has 1 heterocycles. The van der Waals surface area contributed by atoms with Gasteiger partial charge in [-0.05, 0) is 23.3 Å². The van der Waals surface area contributed by atoms with Crippen molar-refractivity contribution < 1.29 is 27.0 Å². The third kappa shape index (κ3) is 2.40. The molecule has 0 saturated carbocycles. The molecular weight excluding hydrogens is 266 g/mol. The molecule has 19 heavy (non-hydrogen) atoms. The third-order valence-electron chi connectivity index (χ3n) is 3.35. The van der Waals surface area contributed by atoms with Crippen molar-refractivity contribution in [3.8, 4) is 5.75 Å². The summed E-state index contributed by atoms with van der Waals surface area (Å²) < 4.78 is 59.3. The fourth-order valence-corrected chi connectivity index (χ4v) is 2.64. The van der Waals surface area contributed by atoms with Gasteiger partial charge in [0.25, 0.3) is 0 Å². The summed E-state index contributed by atoms with van der Waals surface area (Å²) in [7, 11) is 0. The zero-order valence-electron chi connectivity index (χ0n) is 9.76. The smallest absolute Gasteiger partial charge is 0.403 e. The van der Waals surface area contributed by atoms with Crippen molar-refractivity contribution in [1.29, 1.82) is 0 Å². The van der Waals surface area contributed by atoms with Gasteiger partial charge >= 0.3 is 6.36 Å². The Hall–Kier alpha value is -1.34. The maximum Gasteiger partial charge on any atom is 0.573 e. The number of benzene rings is 1. The normalized spacial score (nSPS) is 25.9. The van der Waals surface area contributed by atoms with Crippen molar-refractivity contribution in [3.63, 3.8) is 0 Å². The fraction of sp³-hybridized carbons (Fsp3) is 0.500. The van der Waals surface area contributed by atoms with E-state index in [-0.39, 0.29) is 12.1 Å². The molecule has 104 valence electrons. The molecule has 1 aliphatic heterocycles. The first-order valence-electron chi connectivity index (χ1n) is 5.87. The molecule has 1 N–H and O–H groups in total. The van der Waals surface area contributed by atoms with E-state index < -0.39 is 17.9 Å². The van der Waals surface area contributed by atoms with E-state index in [0.717, 1.165) is 12.1 Å². The molecule has 3 rings (SSSR count). The Bertz CT molecular complexity index is 503. The Morgan fingerprint density at radius 3 is 2.84 bits per heavy atom. The largest absolute Gasteiger partial charge is 0.573 e. The first-order chi connectivity index (χ1) is 8.94. The molecule has 1 saturated heterocycles. The van der Waals surface area contributed by atoms with Crippen LogP contribution in [0.25, 0.3) is 0 Å². The van der Waals surface area contributed by atoms with Crippen LogP contribution in [-0.2, 0) is 11.2 Å². The highest BCUT2D eigenvalue weighted by atomic mass is 19.4. The Balaban J connectivity index is 1.93. The van der Waals surface area contributed by atoms with Crippen LogP contribution in [0.15, 0.2) is 12.1 Å². The van der Waals surface area contributed by atoms with E-state index in [1.165, 1.54) is 0 Å². The second kappa shape index (κ2) is 4.35. The summed E-state index contributed by atoms with van der Waals surface area (Å²) >= 11 is 0. The van der Waals surface area contributed by atoms with Crippen molar-refractivity contribution in [3.05, 3.63) is 29.1 Å². The minimum Gasteiger partial charge on any atom is -0.403 e. The highest BCUT2D eigenvalue weighted by molar-refractivity contribution is 5.43. The molecule has 0 amide bonds. The van der Waals surface area contributed by atoms with Gasteiger partial charge in [-0.25, -0.2) is 4.39 Å². The summed E-state index contributed by atoms with van der Waals surface area (Å²) in [6.45, 7) is 1.19. The van der Waals surface area contributed by atoms with Crippen LogP contribution in [0, 0.1) is 5.82 Å². The molecule has 1 aromatic rings. The van der Waals surface area contributed by atoms with Crippen LogP contribution in [0.1, 0.15) is 17.2 Å². The molecule has 1 aliphatic carbocycles. The monoisotopic (exact) mass is 277 g/mol. The predicted octanol–water partition coefficient (Wildman–Crippen LogP) is 2.31. The molecule has 1 fully saturated rings. The summed E-state index contributed by atoms with van der Waals surface area (Å²) in [6, 6.07) is 2.06. The average molecular weight is 277 g/mol. The lowest BCUT2D eigenvalue weighted by Crippen LogP contribution is -2.39. The molecule has 2 unspecified atom stereocenters. The SMILES string of the molecule is Fc1cc2c(cc1OC(F)(F)F)CC1OCCNC21. The van der Waals surface area contributed by atoms with Crippen molar-refractivity contribution >= 4 is 0 Å². The summed E-state index contributed by atoms with van der Waals surface area (Å²) in [5.74, 6) is -1.80. The van der Waals surface area contributed by atoms with Crippen molar-refractivity contribution in [1.82, 2.24) is 5.32 Å². The van der Waals surface area contributed by atoms with E-state index in [2.05, 4.69) is 10.1 Å². The van der Waals surface area contributed by atoms with Gasteiger partial charge in [0.1, 0.15) is 0 Å². The molecule has 0 bridgehead atoms. The second-order valence-corrected chi connectivity index (χ2v) is 4.57. The quantitative estimate of drug-likeness (QED) is 0.799. The molecule has 2 aliphatic rings. The van der Waals surface area contributed by atoms with E-state index in [1.807, 2.05) is 0 Å². The molecular formula is C12H11F4NO2. The van der Waals surface area contributed by atoms with Crippen LogP contribution in [-0.4, -0.2) is 25.6 Å². The van der Waals surface area contributed by atoms with Crippen LogP contribution >= 0.6 is 0 Å². The van der Waals surface area contributed by atoms with Gasteiger partial charge in [-0.15, -0.1) is 13.2 Å². The van der Waals surface area contributed by atoms with E-state index in [1.54, 1.807) is 0 Å². The number of alkyl halides is 3. The maximum absolute atomic E-state index is 13.6. The minimum absolute atomic E-state index is 0.149. The Kier molecular flexibility index (Phi) is 2.90. The minimum atomic E-state index is -4.89. The second-order valence-electron chi connectivity index (χ2n) is 4.57. The number of rotatable bonds is 1. The Labute approximate surface area is 106 Å². The van der Waals surface area contributed by atoms with Crippen LogP contribution in [0.2, 0.25) is 0 Å². The van der Waals surface area contributed by atoms with E-state index >= 15 is 0 Å². The lowest BCUT2D eigenvalue weighted by molar-refractivity contribution is -0.275. The van der Waals surface area contributed by atoms with Crippen molar-refractivity contribution in [2.75, 3.05) is 13.2 Å². The van der Waals surface area contributed by atoms with E-state index in [9.17, 15) is 17.6 Å². The molecule has 0 aromatic heterocycles. The highest BCUT2D eigenvalue weighted by Crippen LogP contribution is 2.39. The van der Waals surface area contributed by atoms with Crippen molar-refractivity contribution in [2.45, 2.75) is 24.9 Å². The molecule has 1 aromatic carbocycles. The van der Waals surface area contributed by atoms with Crippen LogP contribution in [0.5, 0.6) is 5.75 Å². The number of halogens is 4.